The van der Waals surface area contributed by atoms with Crippen LogP contribution >= 0.6 is 12.4 Å². The highest BCUT2D eigenvalue weighted by Crippen LogP contribution is 2.18. The standard InChI is InChI=1S/C20H22N2O.ClH/c1-2-9-19-14-20(23-16-18-12-7-4-8-13-18)22(21-19)15-17-10-5-3-6-11-17;/h3-8,10-14H,2,9,15-16H2,1H3;1H. The molecule has 0 atom stereocenters. The lowest BCUT2D eigenvalue weighted by molar-refractivity contribution is 0.275. The summed E-state index contributed by atoms with van der Waals surface area (Å²) in [5, 5.41) is 4.70. The summed E-state index contributed by atoms with van der Waals surface area (Å²) < 4.78 is 7.98. The second kappa shape index (κ2) is 9.14. The molecule has 3 aromatic rings. The van der Waals surface area contributed by atoms with Gasteiger partial charge < -0.3 is 4.74 Å². The van der Waals surface area contributed by atoms with Crippen LogP contribution in [0.4, 0.5) is 0 Å². The molecular formula is C20H23ClN2O. The minimum Gasteiger partial charge on any atom is -0.473 e. The van der Waals surface area contributed by atoms with Gasteiger partial charge in [0.2, 0.25) is 5.88 Å². The van der Waals surface area contributed by atoms with Crippen LogP contribution in [0.2, 0.25) is 0 Å². The van der Waals surface area contributed by atoms with Gasteiger partial charge in [0.25, 0.3) is 0 Å². The first-order valence-corrected chi connectivity index (χ1v) is 8.12. The largest absolute Gasteiger partial charge is 0.473 e. The second-order valence-corrected chi connectivity index (χ2v) is 5.64. The van der Waals surface area contributed by atoms with Gasteiger partial charge in [0, 0.05) is 6.07 Å². The van der Waals surface area contributed by atoms with E-state index in [4.69, 9.17) is 9.84 Å². The zero-order valence-corrected chi connectivity index (χ0v) is 14.7. The number of aryl methyl sites for hydroxylation is 1. The van der Waals surface area contributed by atoms with Crippen molar-refractivity contribution < 1.29 is 4.74 Å². The zero-order chi connectivity index (χ0) is 15.9. The fraction of sp³-hybridized carbons (Fsp3) is 0.250. The van der Waals surface area contributed by atoms with E-state index in [1.807, 2.05) is 28.9 Å². The smallest absolute Gasteiger partial charge is 0.212 e. The molecule has 0 aliphatic carbocycles. The van der Waals surface area contributed by atoms with Crippen LogP contribution in [0.25, 0.3) is 0 Å². The van der Waals surface area contributed by atoms with E-state index >= 15 is 0 Å². The van der Waals surface area contributed by atoms with E-state index in [2.05, 4.69) is 49.4 Å². The maximum Gasteiger partial charge on any atom is 0.212 e. The molecule has 0 amide bonds. The Morgan fingerprint density at radius 2 is 1.54 bits per heavy atom. The number of hydrogen-bond acceptors (Lipinski definition) is 2. The highest BCUT2D eigenvalue weighted by Gasteiger charge is 2.09. The van der Waals surface area contributed by atoms with Crippen molar-refractivity contribution in [1.29, 1.82) is 0 Å². The first-order chi connectivity index (χ1) is 11.3. The summed E-state index contributed by atoms with van der Waals surface area (Å²) in [6.45, 7) is 3.46. The average Bonchev–Trinajstić information content (AvgIpc) is 2.97. The highest BCUT2D eigenvalue weighted by atomic mass is 35.5. The van der Waals surface area contributed by atoms with Crippen LogP contribution in [0, 0.1) is 0 Å². The maximum atomic E-state index is 6.02. The Bertz CT molecular complexity index is 726. The van der Waals surface area contributed by atoms with Crippen molar-refractivity contribution in [1.82, 2.24) is 9.78 Å². The van der Waals surface area contributed by atoms with Crippen LogP contribution in [-0.4, -0.2) is 9.78 Å². The Kier molecular flexibility index (Phi) is 6.89. The number of ether oxygens (including phenoxy) is 1. The van der Waals surface area contributed by atoms with E-state index in [-0.39, 0.29) is 12.4 Å². The Hall–Kier alpha value is -2.26. The van der Waals surface area contributed by atoms with Gasteiger partial charge in [-0.15, -0.1) is 12.4 Å². The molecule has 0 aliphatic rings. The lowest BCUT2D eigenvalue weighted by Crippen LogP contribution is -2.06. The van der Waals surface area contributed by atoms with Crippen molar-refractivity contribution in [2.45, 2.75) is 32.9 Å². The summed E-state index contributed by atoms with van der Waals surface area (Å²) in [5.74, 6) is 0.834. The molecule has 2 aromatic carbocycles. The molecule has 3 rings (SSSR count). The minimum absolute atomic E-state index is 0. The van der Waals surface area contributed by atoms with E-state index in [1.54, 1.807) is 0 Å². The van der Waals surface area contributed by atoms with Gasteiger partial charge in [-0.2, -0.15) is 5.10 Å². The fourth-order valence-corrected chi connectivity index (χ4v) is 2.55. The number of rotatable bonds is 7. The molecule has 0 fully saturated rings. The van der Waals surface area contributed by atoms with Crippen molar-refractivity contribution >= 4 is 12.4 Å². The molecule has 0 N–H and O–H groups in total. The molecule has 1 heterocycles. The van der Waals surface area contributed by atoms with E-state index < -0.39 is 0 Å². The zero-order valence-electron chi connectivity index (χ0n) is 13.9. The predicted molar refractivity (Wildman–Crippen MR) is 99.8 cm³/mol. The van der Waals surface area contributed by atoms with Gasteiger partial charge in [0.15, 0.2) is 0 Å². The molecule has 0 aliphatic heterocycles. The molecule has 0 radical (unpaired) electrons. The van der Waals surface area contributed by atoms with E-state index in [0.29, 0.717) is 6.61 Å². The maximum absolute atomic E-state index is 6.02. The number of halogens is 1. The third kappa shape index (κ3) is 4.87. The van der Waals surface area contributed by atoms with Crippen LogP contribution in [0.15, 0.2) is 66.7 Å². The number of aromatic nitrogens is 2. The monoisotopic (exact) mass is 342 g/mol. The third-order valence-corrected chi connectivity index (χ3v) is 3.70. The number of benzene rings is 2. The molecule has 4 heteroatoms. The van der Waals surface area contributed by atoms with E-state index in [9.17, 15) is 0 Å². The SMILES string of the molecule is CCCc1cc(OCc2ccccc2)n(Cc2ccccc2)n1.Cl. The minimum atomic E-state index is 0. The number of nitrogens with zero attached hydrogens (tertiary/aromatic N) is 2. The van der Waals surface area contributed by atoms with Crippen molar-refractivity contribution in [2.75, 3.05) is 0 Å². The van der Waals surface area contributed by atoms with Gasteiger partial charge in [-0.3, -0.25) is 0 Å². The molecule has 0 saturated carbocycles. The fourth-order valence-electron chi connectivity index (χ4n) is 2.55. The van der Waals surface area contributed by atoms with Gasteiger partial charge in [0.05, 0.1) is 12.2 Å². The van der Waals surface area contributed by atoms with E-state index in [0.717, 1.165) is 36.5 Å². The molecule has 3 nitrogen and oxygen atoms in total. The normalized spacial score (nSPS) is 10.2. The first-order valence-electron chi connectivity index (χ1n) is 8.12. The topological polar surface area (TPSA) is 27.1 Å². The van der Waals surface area contributed by atoms with Crippen LogP contribution in [-0.2, 0) is 19.6 Å². The molecule has 1 aromatic heterocycles. The molecule has 126 valence electrons. The second-order valence-electron chi connectivity index (χ2n) is 5.64. The average molecular weight is 343 g/mol. The van der Waals surface area contributed by atoms with Gasteiger partial charge in [-0.1, -0.05) is 74.0 Å². The number of hydrogen-bond donors (Lipinski definition) is 0. The lowest BCUT2D eigenvalue weighted by atomic mass is 10.2. The third-order valence-electron chi connectivity index (χ3n) is 3.70. The van der Waals surface area contributed by atoms with Gasteiger partial charge >= 0.3 is 0 Å². The summed E-state index contributed by atoms with van der Waals surface area (Å²) in [7, 11) is 0. The Balaban J connectivity index is 0.00000208. The molecule has 0 bridgehead atoms. The molecule has 0 saturated heterocycles. The summed E-state index contributed by atoms with van der Waals surface area (Å²) in [6.07, 6.45) is 2.06. The van der Waals surface area contributed by atoms with Gasteiger partial charge in [-0.05, 0) is 17.5 Å². The first kappa shape index (κ1) is 18.1. The molecule has 24 heavy (non-hydrogen) atoms. The van der Waals surface area contributed by atoms with Crippen molar-refractivity contribution in [3.8, 4) is 5.88 Å². The summed E-state index contributed by atoms with van der Waals surface area (Å²) >= 11 is 0. The van der Waals surface area contributed by atoms with Crippen LogP contribution in [0.5, 0.6) is 5.88 Å². The van der Waals surface area contributed by atoms with Crippen molar-refractivity contribution in [3.05, 3.63) is 83.6 Å². The summed E-state index contributed by atoms with van der Waals surface area (Å²) in [4.78, 5) is 0. The van der Waals surface area contributed by atoms with Crippen molar-refractivity contribution in [3.63, 3.8) is 0 Å². The summed E-state index contributed by atoms with van der Waals surface area (Å²) in [5.41, 5.74) is 3.48. The van der Waals surface area contributed by atoms with Crippen LogP contribution < -0.4 is 4.74 Å². The molecule has 0 spiro atoms. The predicted octanol–water partition coefficient (Wildman–Crippen LogP) is 4.88. The van der Waals surface area contributed by atoms with Crippen molar-refractivity contribution in [2.24, 2.45) is 0 Å². The highest BCUT2D eigenvalue weighted by molar-refractivity contribution is 5.85. The van der Waals surface area contributed by atoms with Crippen LogP contribution in [0.3, 0.4) is 0 Å². The lowest BCUT2D eigenvalue weighted by Gasteiger charge is -2.09. The Morgan fingerprint density at radius 3 is 2.17 bits per heavy atom. The van der Waals surface area contributed by atoms with Crippen LogP contribution in [0.1, 0.15) is 30.2 Å². The molecule has 0 unspecified atom stereocenters. The van der Waals surface area contributed by atoms with E-state index in [1.165, 1.54) is 5.56 Å². The van der Waals surface area contributed by atoms with Gasteiger partial charge in [-0.25, -0.2) is 4.68 Å². The Labute approximate surface area is 149 Å². The Morgan fingerprint density at radius 1 is 0.917 bits per heavy atom. The summed E-state index contributed by atoms with van der Waals surface area (Å²) in [6, 6.07) is 22.7. The van der Waals surface area contributed by atoms with Gasteiger partial charge in [0.1, 0.15) is 6.61 Å². The quantitative estimate of drug-likeness (QED) is 0.611. The molecular weight excluding hydrogens is 320 g/mol.